The molecule has 0 saturated heterocycles. The van der Waals surface area contributed by atoms with E-state index in [9.17, 15) is 4.79 Å². The van der Waals surface area contributed by atoms with E-state index in [0.29, 0.717) is 51.5 Å². The van der Waals surface area contributed by atoms with Gasteiger partial charge in [-0.1, -0.05) is 30.3 Å². The van der Waals surface area contributed by atoms with Gasteiger partial charge in [0.2, 0.25) is 5.95 Å². The molecule has 1 aliphatic heterocycles. The maximum Gasteiger partial charge on any atom is 0.255 e. The molecule has 0 spiro atoms. The van der Waals surface area contributed by atoms with E-state index in [-0.39, 0.29) is 5.91 Å². The summed E-state index contributed by atoms with van der Waals surface area (Å²) in [7, 11) is 4.79. The molecule has 1 unspecified atom stereocenters. The average molecular weight is 498 g/mol. The van der Waals surface area contributed by atoms with Crippen LogP contribution in [0.15, 0.2) is 84.1 Å². The van der Waals surface area contributed by atoms with Gasteiger partial charge in [-0.25, -0.2) is 4.68 Å². The number of hydrogen-bond donors (Lipinski definition) is 2. The highest BCUT2D eigenvalue weighted by Gasteiger charge is 2.36. The molecule has 1 aliphatic rings. The van der Waals surface area contributed by atoms with Crippen molar-refractivity contribution in [2.75, 3.05) is 32.0 Å². The number of nitrogens with zero attached hydrogens (tertiary/aromatic N) is 3. The van der Waals surface area contributed by atoms with Crippen LogP contribution in [-0.2, 0) is 4.79 Å². The van der Waals surface area contributed by atoms with Crippen molar-refractivity contribution < 1.29 is 19.0 Å². The molecular formula is C28H27N5O4. The largest absolute Gasteiger partial charge is 0.497 e. The molecule has 9 heteroatoms. The second-order valence-corrected chi connectivity index (χ2v) is 8.40. The van der Waals surface area contributed by atoms with Gasteiger partial charge in [0, 0.05) is 16.9 Å². The van der Waals surface area contributed by atoms with E-state index in [2.05, 4.69) is 10.6 Å². The van der Waals surface area contributed by atoms with Crippen molar-refractivity contribution in [1.82, 2.24) is 14.8 Å². The zero-order chi connectivity index (χ0) is 25.9. The summed E-state index contributed by atoms with van der Waals surface area (Å²) in [5.41, 5.74) is 3.24. The minimum absolute atomic E-state index is 0.272. The number of benzene rings is 3. The topological polar surface area (TPSA) is 99.5 Å². The number of para-hydroxylation sites is 2. The molecule has 4 aromatic rings. The van der Waals surface area contributed by atoms with Crippen molar-refractivity contribution in [3.63, 3.8) is 0 Å². The lowest BCUT2D eigenvalue weighted by molar-refractivity contribution is -0.113. The quantitative estimate of drug-likeness (QED) is 0.375. The molecule has 2 heterocycles. The molecule has 0 radical (unpaired) electrons. The van der Waals surface area contributed by atoms with E-state index in [1.807, 2.05) is 79.7 Å². The molecule has 1 amide bonds. The third-order valence-corrected chi connectivity index (χ3v) is 6.21. The number of allylic oxidation sites excluding steroid dienone is 1. The molecule has 37 heavy (non-hydrogen) atoms. The highest BCUT2D eigenvalue weighted by Crippen LogP contribution is 2.42. The maximum atomic E-state index is 13.7. The third-order valence-electron chi connectivity index (χ3n) is 6.21. The molecule has 0 fully saturated rings. The van der Waals surface area contributed by atoms with Gasteiger partial charge in [-0.2, -0.15) is 4.98 Å². The van der Waals surface area contributed by atoms with Crippen molar-refractivity contribution >= 4 is 17.5 Å². The van der Waals surface area contributed by atoms with E-state index < -0.39 is 6.04 Å². The summed E-state index contributed by atoms with van der Waals surface area (Å²) >= 11 is 0. The minimum atomic E-state index is -0.652. The Morgan fingerprint density at radius 2 is 1.65 bits per heavy atom. The van der Waals surface area contributed by atoms with Crippen LogP contribution in [0.5, 0.6) is 17.2 Å². The summed E-state index contributed by atoms with van der Waals surface area (Å²) in [6.07, 6.45) is 0. The monoisotopic (exact) mass is 497 g/mol. The van der Waals surface area contributed by atoms with Crippen molar-refractivity contribution in [3.05, 3.63) is 89.6 Å². The number of anilines is 2. The number of carbonyl (C=O) groups excluding carboxylic acids is 1. The van der Waals surface area contributed by atoms with E-state index in [4.69, 9.17) is 24.3 Å². The lowest BCUT2D eigenvalue weighted by atomic mass is 9.94. The molecule has 0 saturated carbocycles. The first-order valence-electron chi connectivity index (χ1n) is 11.7. The number of amides is 1. The van der Waals surface area contributed by atoms with Crippen LogP contribution in [0.3, 0.4) is 0 Å². The highest BCUT2D eigenvalue weighted by molar-refractivity contribution is 6.06. The number of aromatic nitrogens is 3. The molecule has 9 nitrogen and oxygen atoms in total. The highest BCUT2D eigenvalue weighted by atomic mass is 16.5. The zero-order valence-electron chi connectivity index (χ0n) is 21.0. The number of ether oxygens (including phenoxy) is 3. The van der Waals surface area contributed by atoms with Crippen molar-refractivity contribution in [1.29, 1.82) is 0 Å². The Labute approximate surface area is 214 Å². The first-order valence-corrected chi connectivity index (χ1v) is 11.7. The van der Waals surface area contributed by atoms with Crippen LogP contribution < -0.4 is 24.8 Å². The maximum absolute atomic E-state index is 13.7. The van der Waals surface area contributed by atoms with Gasteiger partial charge < -0.3 is 24.8 Å². The van der Waals surface area contributed by atoms with Crippen molar-refractivity contribution in [3.8, 4) is 28.6 Å². The van der Waals surface area contributed by atoms with Gasteiger partial charge in [-0.3, -0.25) is 4.79 Å². The van der Waals surface area contributed by atoms with Crippen LogP contribution in [-0.4, -0.2) is 42.0 Å². The fourth-order valence-electron chi connectivity index (χ4n) is 4.45. The van der Waals surface area contributed by atoms with Gasteiger partial charge in [0.25, 0.3) is 5.91 Å². The molecule has 2 N–H and O–H groups in total. The van der Waals surface area contributed by atoms with E-state index in [0.717, 1.165) is 5.56 Å². The summed E-state index contributed by atoms with van der Waals surface area (Å²) < 4.78 is 18.5. The van der Waals surface area contributed by atoms with Gasteiger partial charge >= 0.3 is 0 Å². The summed E-state index contributed by atoms with van der Waals surface area (Å²) in [4.78, 5) is 18.5. The first kappa shape index (κ1) is 23.9. The fraction of sp³-hybridized carbons (Fsp3) is 0.179. The Hall–Kier alpha value is -4.79. The Kier molecular flexibility index (Phi) is 6.51. The van der Waals surface area contributed by atoms with E-state index >= 15 is 0 Å². The van der Waals surface area contributed by atoms with Crippen molar-refractivity contribution in [2.24, 2.45) is 0 Å². The zero-order valence-corrected chi connectivity index (χ0v) is 21.0. The summed E-state index contributed by atoms with van der Waals surface area (Å²) in [6.45, 7) is 1.85. The van der Waals surface area contributed by atoms with Gasteiger partial charge in [0.05, 0.1) is 32.5 Å². The van der Waals surface area contributed by atoms with Gasteiger partial charge in [-0.05, 0) is 49.4 Å². The smallest absolute Gasteiger partial charge is 0.255 e. The normalized spacial score (nSPS) is 14.4. The number of carbonyl (C=O) groups is 1. The molecule has 0 aliphatic carbocycles. The van der Waals surface area contributed by atoms with Gasteiger partial charge in [0.15, 0.2) is 5.82 Å². The van der Waals surface area contributed by atoms with E-state index in [1.165, 1.54) is 0 Å². The Balaban J connectivity index is 1.68. The number of hydrogen-bond acceptors (Lipinski definition) is 7. The van der Waals surface area contributed by atoms with Crippen LogP contribution in [0.25, 0.3) is 11.4 Å². The van der Waals surface area contributed by atoms with E-state index in [1.54, 1.807) is 26.0 Å². The SMILES string of the molecule is COc1ccc(OC)c(C2C(C(=O)Nc3ccccc3)=C(C)Nc3nc(-c4ccccc4OC)nn32)c1. The standard InChI is InChI=1S/C28H27N5O4/c1-17-24(27(34)30-18-10-6-5-7-11-18)25(21-16-19(35-2)14-15-23(21)37-4)33-28(29-17)31-26(32-33)20-12-8-9-13-22(20)36-3/h5-16,25H,1-4H3,(H,30,34)(H,29,31,32). The Bertz CT molecular complexity index is 1480. The van der Waals surface area contributed by atoms with Crippen LogP contribution in [0.1, 0.15) is 18.5 Å². The Morgan fingerprint density at radius 1 is 0.919 bits per heavy atom. The summed E-state index contributed by atoms with van der Waals surface area (Å²) in [5.74, 6) is 2.54. The number of fused-ring (bicyclic) bond motifs is 1. The average Bonchev–Trinajstić information content (AvgIpc) is 3.35. The van der Waals surface area contributed by atoms with Crippen molar-refractivity contribution in [2.45, 2.75) is 13.0 Å². The second kappa shape index (κ2) is 10.1. The molecule has 188 valence electrons. The second-order valence-electron chi connectivity index (χ2n) is 8.40. The van der Waals surface area contributed by atoms with Gasteiger partial charge in [-0.15, -0.1) is 5.10 Å². The van der Waals surface area contributed by atoms with Crippen LogP contribution in [0.2, 0.25) is 0 Å². The predicted molar refractivity (Wildman–Crippen MR) is 141 cm³/mol. The molecule has 3 aromatic carbocycles. The lowest BCUT2D eigenvalue weighted by Crippen LogP contribution is -2.31. The first-order chi connectivity index (χ1) is 18.0. The van der Waals surface area contributed by atoms with Crippen LogP contribution in [0, 0.1) is 0 Å². The number of rotatable bonds is 7. The minimum Gasteiger partial charge on any atom is -0.497 e. The summed E-state index contributed by atoms with van der Waals surface area (Å²) in [5, 5.41) is 11.1. The fourth-order valence-corrected chi connectivity index (χ4v) is 4.45. The Morgan fingerprint density at radius 3 is 2.38 bits per heavy atom. The molecule has 5 rings (SSSR count). The lowest BCUT2D eigenvalue weighted by Gasteiger charge is -2.29. The molecular weight excluding hydrogens is 470 g/mol. The van der Waals surface area contributed by atoms with Crippen LogP contribution in [0.4, 0.5) is 11.6 Å². The molecule has 1 aromatic heterocycles. The number of methoxy groups -OCH3 is 3. The van der Waals surface area contributed by atoms with Crippen LogP contribution >= 0.6 is 0 Å². The van der Waals surface area contributed by atoms with Gasteiger partial charge in [0.1, 0.15) is 23.3 Å². The summed E-state index contributed by atoms with van der Waals surface area (Å²) in [6, 6.07) is 21.7. The molecule has 1 atom stereocenters. The predicted octanol–water partition coefficient (Wildman–Crippen LogP) is 4.90. The number of nitrogens with one attached hydrogen (secondary N) is 2. The molecule has 0 bridgehead atoms. The third kappa shape index (κ3) is 4.47.